The number of esters is 3. The zero-order chi connectivity index (χ0) is 24.9. The average molecular weight is 464 g/mol. The van der Waals surface area contributed by atoms with E-state index >= 15 is 0 Å². The Kier molecular flexibility index (Phi) is 8.46. The van der Waals surface area contributed by atoms with Crippen molar-refractivity contribution in [2.24, 2.45) is 5.92 Å². The lowest BCUT2D eigenvalue weighted by atomic mass is 9.82. The van der Waals surface area contributed by atoms with Gasteiger partial charge in [0.15, 0.2) is 0 Å². The zero-order valence-electron chi connectivity index (χ0n) is 20.4. The van der Waals surface area contributed by atoms with E-state index < -0.39 is 41.6 Å². The second-order valence-electron chi connectivity index (χ2n) is 8.67. The summed E-state index contributed by atoms with van der Waals surface area (Å²) in [7, 11) is 2.38. The van der Waals surface area contributed by atoms with E-state index in [-0.39, 0.29) is 23.3 Å². The van der Waals surface area contributed by atoms with Crippen molar-refractivity contribution < 1.29 is 38.1 Å². The van der Waals surface area contributed by atoms with E-state index in [1.807, 2.05) is 6.92 Å². The van der Waals surface area contributed by atoms with Gasteiger partial charge in [-0.25, -0.2) is 19.2 Å². The third-order valence-electron chi connectivity index (χ3n) is 5.27. The van der Waals surface area contributed by atoms with Crippen molar-refractivity contribution in [1.29, 1.82) is 0 Å². The Morgan fingerprint density at radius 2 is 1.61 bits per heavy atom. The van der Waals surface area contributed by atoms with E-state index in [9.17, 15) is 19.2 Å². The van der Waals surface area contributed by atoms with Gasteiger partial charge in [0.05, 0.1) is 43.6 Å². The van der Waals surface area contributed by atoms with E-state index in [2.05, 4.69) is 0 Å². The highest BCUT2D eigenvalue weighted by atomic mass is 16.6. The van der Waals surface area contributed by atoms with Crippen LogP contribution in [-0.4, -0.2) is 61.4 Å². The molecule has 1 amide bonds. The van der Waals surface area contributed by atoms with Gasteiger partial charge in [0.1, 0.15) is 5.60 Å². The molecular formula is C24H33NO8. The predicted octanol–water partition coefficient (Wildman–Crippen LogP) is 3.44. The van der Waals surface area contributed by atoms with Gasteiger partial charge in [-0.15, -0.1) is 0 Å². The van der Waals surface area contributed by atoms with Crippen molar-refractivity contribution in [3.05, 3.63) is 34.6 Å². The lowest BCUT2D eigenvalue weighted by Gasteiger charge is -2.34. The number of amides is 1. The molecule has 0 unspecified atom stereocenters. The molecule has 182 valence electrons. The Hall–Kier alpha value is -3.10. The number of carbonyl (C=O) groups excluding carboxylic acids is 4. The van der Waals surface area contributed by atoms with Crippen LogP contribution in [0.5, 0.6) is 0 Å². The summed E-state index contributed by atoms with van der Waals surface area (Å²) in [6, 6.07) is -1.02. The molecule has 2 atom stereocenters. The molecule has 0 N–H and O–H groups in total. The SMILES string of the molecule is CCCCC1=C(C(=O)OCC)[C@@H]2C=CC(C(=O)OC)=C(C(=O)OC)[C@@H]2N1C(=O)OC(C)(C)C. The molecule has 2 rings (SSSR count). The summed E-state index contributed by atoms with van der Waals surface area (Å²) in [5, 5.41) is 0. The molecule has 0 bridgehead atoms. The number of hydrogen-bond acceptors (Lipinski definition) is 8. The lowest BCUT2D eigenvalue weighted by Crippen LogP contribution is -2.46. The van der Waals surface area contributed by atoms with Crippen LogP contribution in [0.2, 0.25) is 0 Å². The molecule has 33 heavy (non-hydrogen) atoms. The van der Waals surface area contributed by atoms with Crippen LogP contribution >= 0.6 is 0 Å². The molecule has 1 aliphatic carbocycles. The van der Waals surface area contributed by atoms with Crippen molar-refractivity contribution in [1.82, 2.24) is 4.90 Å². The van der Waals surface area contributed by atoms with Gasteiger partial charge in [-0.05, 0) is 40.5 Å². The lowest BCUT2D eigenvalue weighted by molar-refractivity contribution is -0.140. The fourth-order valence-electron chi connectivity index (χ4n) is 3.99. The number of nitrogens with zero attached hydrogens (tertiary/aromatic N) is 1. The fourth-order valence-corrected chi connectivity index (χ4v) is 3.99. The highest BCUT2D eigenvalue weighted by Gasteiger charge is 2.52. The predicted molar refractivity (Wildman–Crippen MR) is 119 cm³/mol. The van der Waals surface area contributed by atoms with Crippen LogP contribution in [0, 0.1) is 5.92 Å². The van der Waals surface area contributed by atoms with Crippen molar-refractivity contribution in [3.8, 4) is 0 Å². The number of allylic oxidation sites excluding steroid dienone is 1. The van der Waals surface area contributed by atoms with Gasteiger partial charge in [0.2, 0.25) is 0 Å². The van der Waals surface area contributed by atoms with Gasteiger partial charge in [-0.1, -0.05) is 25.5 Å². The topological polar surface area (TPSA) is 108 Å². The maximum Gasteiger partial charge on any atom is 0.415 e. The maximum absolute atomic E-state index is 13.4. The standard InChI is InChI=1S/C24H33NO8/c1-8-10-11-16-17(22(28)32-9-2)14-12-13-15(20(26)30-6)18(21(27)31-7)19(14)25(16)23(29)33-24(3,4)5/h12-14,19H,8-11H2,1-7H3/t14-,19+/m0/s1. The van der Waals surface area contributed by atoms with E-state index in [4.69, 9.17) is 18.9 Å². The summed E-state index contributed by atoms with van der Waals surface area (Å²) < 4.78 is 20.7. The molecule has 9 heteroatoms. The largest absolute Gasteiger partial charge is 0.466 e. The second-order valence-corrected chi connectivity index (χ2v) is 8.67. The Balaban J connectivity index is 2.79. The summed E-state index contributed by atoms with van der Waals surface area (Å²) in [6.45, 7) is 8.98. The number of ether oxygens (including phenoxy) is 4. The molecule has 1 aliphatic heterocycles. The molecule has 0 aromatic rings. The van der Waals surface area contributed by atoms with Crippen LogP contribution in [0.4, 0.5) is 4.79 Å². The Labute approximate surface area is 194 Å². The summed E-state index contributed by atoms with van der Waals surface area (Å²) in [5.41, 5.74) is -0.269. The van der Waals surface area contributed by atoms with E-state index in [1.54, 1.807) is 33.8 Å². The number of unbranched alkanes of at least 4 members (excludes halogenated alkanes) is 1. The van der Waals surface area contributed by atoms with Crippen LogP contribution in [0.15, 0.2) is 34.6 Å². The van der Waals surface area contributed by atoms with Gasteiger partial charge in [0.25, 0.3) is 0 Å². The third-order valence-corrected chi connectivity index (χ3v) is 5.27. The van der Waals surface area contributed by atoms with E-state index in [0.29, 0.717) is 18.5 Å². The highest BCUT2D eigenvalue weighted by molar-refractivity contribution is 6.05. The van der Waals surface area contributed by atoms with Gasteiger partial charge in [-0.3, -0.25) is 4.90 Å². The van der Waals surface area contributed by atoms with Gasteiger partial charge in [-0.2, -0.15) is 0 Å². The quantitative estimate of drug-likeness (QED) is 0.417. The minimum Gasteiger partial charge on any atom is -0.466 e. The number of fused-ring (bicyclic) bond motifs is 1. The van der Waals surface area contributed by atoms with Gasteiger partial charge >= 0.3 is 24.0 Å². The molecule has 0 radical (unpaired) electrons. The van der Waals surface area contributed by atoms with Gasteiger partial charge < -0.3 is 18.9 Å². The number of methoxy groups -OCH3 is 2. The first kappa shape index (κ1) is 26.2. The molecule has 1 heterocycles. The molecule has 0 saturated carbocycles. The monoisotopic (exact) mass is 463 g/mol. The highest BCUT2D eigenvalue weighted by Crippen LogP contribution is 2.45. The number of hydrogen-bond donors (Lipinski definition) is 0. The molecule has 0 aromatic carbocycles. The van der Waals surface area contributed by atoms with Crippen molar-refractivity contribution in [2.45, 2.75) is 65.5 Å². The van der Waals surface area contributed by atoms with Crippen LogP contribution in [0.25, 0.3) is 0 Å². The third kappa shape index (κ3) is 5.46. The Morgan fingerprint density at radius 1 is 0.970 bits per heavy atom. The van der Waals surface area contributed by atoms with Crippen LogP contribution in [0.1, 0.15) is 53.9 Å². The summed E-state index contributed by atoms with van der Waals surface area (Å²) >= 11 is 0. The zero-order valence-corrected chi connectivity index (χ0v) is 20.4. The second kappa shape index (κ2) is 10.7. The Bertz CT molecular complexity index is 906. The molecule has 0 spiro atoms. The Morgan fingerprint density at radius 3 is 2.12 bits per heavy atom. The van der Waals surface area contributed by atoms with Gasteiger partial charge in [0, 0.05) is 11.6 Å². The first-order valence-corrected chi connectivity index (χ1v) is 11.0. The molecule has 0 saturated heterocycles. The molecule has 0 fully saturated rings. The normalized spacial score (nSPS) is 19.9. The van der Waals surface area contributed by atoms with Crippen LogP contribution in [0.3, 0.4) is 0 Å². The molecular weight excluding hydrogens is 430 g/mol. The summed E-state index contributed by atoms with van der Waals surface area (Å²) in [4.78, 5) is 53.1. The van der Waals surface area contributed by atoms with E-state index in [1.165, 1.54) is 25.2 Å². The minimum atomic E-state index is -1.02. The van der Waals surface area contributed by atoms with Crippen molar-refractivity contribution in [3.63, 3.8) is 0 Å². The first-order valence-electron chi connectivity index (χ1n) is 11.0. The smallest absolute Gasteiger partial charge is 0.415 e. The van der Waals surface area contributed by atoms with Crippen LogP contribution in [-0.2, 0) is 33.3 Å². The summed E-state index contributed by atoms with van der Waals surface area (Å²) in [6.07, 6.45) is 4.18. The minimum absolute atomic E-state index is 0.0425. The maximum atomic E-state index is 13.4. The van der Waals surface area contributed by atoms with Crippen molar-refractivity contribution >= 4 is 24.0 Å². The van der Waals surface area contributed by atoms with Crippen molar-refractivity contribution in [2.75, 3.05) is 20.8 Å². The first-order chi connectivity index (χ1) is 15.5. The van der Waals surface area contributed by atoms with E-state index in [0.717, 1.165) is 6.42 Å². The fraction of sp³-hybridized carbons (Fsp3) is 0.583. The summed E-state index contributed by atoms with van der Waals surface area (Å²) in [5.74, 6) is -2.86. The molecule has 0 aromatic heterocycles. The average Bonchev–Trinajstić information content (AvgIpc) is 3.09. The number of carbonyl (C=O) groups is 4. The van der Waals surface area contributed by atoms with Crippen LogP contribution < -0.4 is 0 Å². The molecule has 2 aliphatic rings. The number of rotatable bonds is 7. The molecule has 9 nitrogen and oxygen atoms in total.